The molecule has 0 unspecified atom stereocenters. The van der Waals surface area contributed by atoms with E-state index < -0.39 is 0 Å². The highest BCUT2D eigenvalue weighted by Gasteiger charge is 2.11. The standard InChI is InChI=1S/C19H28BrN5O2.HI/c1-5-21-19(25(3)14-17-11-16(20)13-24(17)2)23-12-15-7-6-8-22-18(15)27-10-9-26-4;/h6-8,11,13H,5,9-10,12,14H2,1-4H3,(H,21,23);1H. The number of rotatable bonds is 9. The maximum atomic E-state index is 5.70. The van der Waals surface area contributed by atoms with Crippen LogP contribution in [0.2, 0.25) is 0 Å². The fourth-order valence-corrected chi connectivity index (χ4v) is 3.14. The topological polar surface area (TPSA) is 63.9 Å². The molecule has 28 heavy (non-hydrogen) atoms. The van der Waals surface area contributed by atoms with Gasteiger partial charge in [-0.05, 0) is 35.0 Å². The minimum absolute atomic E-state index is 0. The van der Waals surface area contributed by atoms with Crippen molar-refractivity contribution in [2.75, 3.05) is 33.9 Å². The summed E-state index contributed by atoms with van der Waals surface area (Å²) in [5.41, 5.74) is 2.14. The molecular weight excluding hydrogens is 537 g/mol. The van der Waals surface area contributed by atoms with Crippen LogP contribution < -0.4 is 10.1 Å². The number of hydrogen-bond acceptors (Lipinski definition) is 4. The van der Waals surface area contributed by atoms with E-state index in [4.69, 9.17) is 14.5 Å². The number of ether oxygens (including phenoxy) is 2. The fraction of sp³-hybridized carbons (Fsp3) is 0.474. The molecule has 0 bridgehead atoms. The zero-order chi connectivity index (χ0) is 19.6. The highest BCUT2D eigenvalue weighted by atomic mass is 127. The molecule has 0 saturated heterocycles. The van der Waals surface area contributed by atoms with Crippen LogP contribution in [0.5, 0.6) is 5.88 Å². The van der Waals surface area contributed by atoms with Gasteiger partial charge in [0, 0.05) is 55.9 Å². The molecule has 0 aliphatic heterocycles. The largest absolute Gasteiger partial charge is 0.475 e. The number of nitrogens with zero attached hydrogens (tertiary/aromatic N) is 4. The summed E-state index contributed by atoms with van der Waals surface area (Å²) in [6, 6.07) is 5.99. The van der Waals surface area contributed by atoms with Crippen LogP contribution in [0.1, 0.15) is 18.2 Å². The third-order valence-corrected chi connectivity index (χ3v) is 4.38. The molecule has 0 fully saturated rings. The van der Waals surface area contributed by atoms with Crippen molar-refractivity contribution in [3.8, 4) is 5.88 Å². The molecule has 2 aromatic rings. The van der Waals surface area contributed by atoms with Crippen LogP contribution >= 0.6 is 39.9 Å². The Morgan fingerprint density at radius 2 is 2.18 bits per heavy atom. The Balaban J connectivity index is 0.00000392. The van der Waals surface area contributed by atoms with Crippen LogP contribution in [-0.2, 0) is 24.9 Å². The molecule has 0 atom stereocenters. The molecule has 1 N–H and O–H groups in total. The summed E-state index contributed by atoms with van der Waals surface area (Å²) in [6.45, 7) is 5.08. The monoisotopic (exact) mass is 565 g/mol. The van der Waals surface area contributed by atoms with E-state index in [2.05, 4.69) is 48.7 Å². The number of methoxy groups -OCH3 is 1. The van der Waals surface area contributed by atoms with Crippen LogP contribution in [0.3, 0.4) is 0 Å². The van der Waals surface area contributed by atoms with E-state index in [-0.39, 0.29) is 24.0 Å². The van der Waals surface area contributed by atoms with E-state index in [1.54, 1.807) is 13.3 Å². The molecule has 0 spiro atoms. The van der Waals surface area contributed by atoms with Crippen molar-refractivity contribution in [1.29, 1.82) is 0 Å². The summed E-state index contributed by atoms with van der Waals surface area (Å²) in [7, 11) is 5.72. The van der Waals surface area contributed by atoms with Crippen LogP contribution in [0, 0.1) is 0 Å². The van der Waals surface area contributed by atoms with E-state index in [0.717, 1.165) is 29.1 Å². The molecule has 2 aromatic heterocycles. The highest BCUT2D eigenvalue weighted by Crippen LogP contribution is 2.17. The molecule has 2 heterocycles. The SMILES string of the molecule is CCNC(=NCc1cccnc1OCCOC)N(C)Cc1cc(Br)cn1C.I. The lowest BCUT2D eigenvalue weighted by Crippen LogP contribution is -2.38. The first kappa shape index (κ1) is 24.7. The zero-order valence-electron chi connectivity index (χ0n) is 16.8. The summed E-state index contributed by atoms with van der Waals surface area (Å²) >= 11 is 3.52. The van der Waals surface area contributed by atoms with Crippen molar-refractivity contribution in [2.24, 2.45) is 12.0 Å². The Kier molecular flexibility index (Phi) is 11.5. The number of nitrogens with one attached hydrogen (secondary N) is 1. The minimum atomic E-state index is 0. The molecule has 7 nitrogen and oxygen atoms in total. The number of pyridine rings is 1. The van der Waals surface area contributed by atoms with Crippen LogP contribution in [0.25, 0.3) is 0 Å². The van der Waals surface area contributed by atoms with Gasteiger partial charge in [-0.25, -0.2) is 9.98 Å². The van der Waals surface area contributed by atoms with Gasteiger partial charge in [0.15, 0.2) is 5.96 Å². The van der Waals surface area contributed by atoms with Crippen LogP contribution in [0.15, 0.2) is 40.1 Å². The molecule has 0 amide bonds. The Bertz CT molecular complexity index is 754. The first-order valence-corrected chi connectivity index (χ1v) is 9.70. The predicted octanol–water partition coefficient (Wildman–Crippen LogP) is 3.42. The number of hydrogen-bond donors (Lipinski definition) is 1. The van der Waals surface area contributed by atoms with Gasteiger partial charge < -0.3 is 24.3 Å². The Morgan fingerprint density at radius 3 is 2.82 bits per heavy atom. The number of halogens is 2. The van der Waals surface area contributed by atoms with Gasteiger partial charge in [0.25, 0.3) is 0 Å². The molecule has 0 aromatic carbocycles. The van der Waals surface area contributed by atoms with Gasteiger partial charge in [0.1, 0.15) is 6.61 Å². The molecule has 2 rings (SSSR count). The first-order valence-electron chi connectivity index (χ1n) is 8.91. The number of aliphatic imine (C=N–C) groups is 1. The van der Waals surface area contributed by atoms with E-state index >= 15 is 0 Å². The van der Waals surface area contributed by atoms with Crippen molar-refractivity contribution in [2.45, 2.75) is 20.0 Å². The van der Waals surface area contributed by atoms with E-state index in [0.29, 0.717) is 25.6 Å². The van der Waals surface area contributed by atoms with Crippen molar-refractivity contribution < 1.29 is 9.47 Å². The Morgan fingerprint density at radius 1 is 1.39 bits per heavy atom. The third-order valence-electron chi connectivity index (χ3n) is 3.95. The molecule has 0 radical (unpaired) electrons. The summed E-state index contributed by atoms with van der Waals surface area (Å²) in [5, 5.41) is 3.34. The van der Waals surface area contributed by atoms with Crippen LogP contribution in [-0.4, -0.2) is 54.3 Å². The van der Waals surface area contributed by atoms with E-state index in [1.807, 2.05) is 32.4 Å². The second-order valence-corrected chi connectivity index (χ2v) is 7.01. The molecular formula is C19H29BrIN5O2. The first-order chi connectivity index (χ1) is 13.0. The van der Waals surface area contributed by atoms with Gasteiger partial charge in [-0.1, -0.05) is 6.07 Å². The average molecular weight is 566 g/mol. The highest BCUT2D eigenvalue weighted by molar-refractivity contribution is 14.0. The van der Waals surface area contributed by atoms with Gasteiger partial charge in [-0.3, -0.25) is 0 Å². The maximum Gasteiger partial charge on any atom is 0.218 e. The lowest BCUT2D eigenvalue weighted by atomic mass is 10.3. The smallest absolute Gasteiger partial charge is 0.218 e. The van der Waals surface area contributed by atoms with E-state index in [1.165, 1.54) is 5.69 Å². The number of guanidine groups is 1. The third kappa shape index (κ3) is 7.59. The maximum absolute atomic E-state index is 5.70. The lowest BCUT2D eigenvalue weighted by molar-refractivity contribution is 0.143. The van der Waals surface area contributed by atoms with Crippen molar-refractivity contribution in [1.82, 2.24) is 19.8 Å². The van der Waals surface area contributed by atoms with Crippen molar-refractivity contribution >= 4 is 45.9 Å². The molecule has 9 heteroatoms. The minimum Gasteiger partial charge on any atom is -0.475 e. The summed E-state index contributed by atoms with van der Waals surface area (Å²) < 4.78 is 13.9. The van der Waals surface area contributed by atoms with Gasteiger partial charge in [0.05, 0.1) is 19.7 Å². The Labute approximate surface area is 192 Å². The second kappa shape index (κ2) is 13.0. The number of aryl methyl sites for hydroxylation is 1. The summed E-state index contributed by atoms with van der Waals surface area (Å²) in [5.74, 6) is 1.43. The molecule has 0 aliphatic carbocycles. The quantitative estimate of drug-likeness (QED) is 0.218. The molecule has 0 aliphatic rings. The fourth-order valence-electron chi connectivity index (χ4n) is 2.57. The summed E-state index contributed by atoms with van der Waals surface area (Å²) in [6.07, 6.45) is 3.77. The average Bonchev–Trinajstić information content (AvgIpc) is 2.96. The molecule has 0 saturated carbocycles. The zero-order valence-corrected chi connectivity index (χ0v) is 20.7. The Hall–Kier alpha value is -1.33. The van der Waals surface area contributed by atoms with Gasteiger partial charge >= 0.3 is 0 Å². The molecule has 156 valence electrons. The number of aromatic nitrogens is 2. The lowest BCUT2D eigenvalue weighted by Gasteiger charge is -2.22. The normalized spacial score (nSPS) is 11.1. The van der Waals surface area contributed by atoms with Crippen molar-refractivity contribution in [3.63, 3.8) is 0 Å². The van der Waals surface area contributed by atoms with Crippen LogP contribution in [0.4, 0.5) is 0 Å². The summed E-state index contributed by atoms with van der Waals surface area (Å²) in [4.78, 5) is 11.2. The van der Waals surface area contributed by atoms with Gasteiger partial charge in [0.2, 0.25) is 5.88 Å². The van der Waals surface area contributed by atoms with Gasteiger partial charge in [-0.2, -0.15) is 0 Å². The van der Waals surface area contributed by atoms with Crippen molar-refractivity contribution in [3.05, 3.63) is 46.3 Å². The van der Waals surface area contributed by atoms with E-state index in [9.17, 15) is 0 Å². The second-order valence-electron chi connectivity index (χ2n) is 6.10. The van der Waals surface area contributed by atoms with Gasteiger partial charge in [-0.15, -0.1) is 24.0 Å². The predicted molar refractivity (Wildman–Crippen MR) is 126 cm³/mol.